The van der Waals surface area contributed by atoms with Gasteiger partial charge in [0.05, 0.1) is 6.04 Å². The summed E-state index contributed by atoms with van der Waals surface area (Å²) in [7, 11) is 0. The summed E-state index contributed by atoms with van der Waals surface area (Å²) in [5.41, 5.74) is 13.0. The van der Waals surface area contributed by atoms with Gasteiger partial charge in [-0.05, 0) is 19.4 Å². The molecule has 0 heterocycles. The van der Waals surface area contributed by atoms with Crippen molar-refractivity contribution in [2.24, 2.45) is 11.5 Å². The summed E-state index contributed by atoms with van der Waals surface area (Å²) in [6.07, 6.45) is 0. The summed E-state index contributed by atoms with van der Waals surface area (Å²) in [4.78, 5) is 10.8. The third-order valence-corrected chi connectivity index (χ3v) is 2.59. The zero-order chi connectivity index (χ0) is 12.1. The van der Waals surface area contributed by atoms with Crippen LogP contribution < -0.4 is 16.8 Å². The fourth-order valence-electron chi connectivity index (χ4n) is 1.38. The quantitative estimate of drug-likeness (QED) is 0.675. The number of benzene rings is 1. The summed E-state index contributed by atoms with van der Waals surface area (Å²) < 4.78 is 0. The molecule has 0 aromatic heterocycles. The number of aryl methyl sites for hydroxylation is 1. The highest BCUT2D eigenvalue weighted by Gasteiger charge is 2.11. The second kappa shape index (κ2) is 5.63. The Kier molecular flexibility index (Phi) is 4.46. The Morgan fingerprint density at radius 1 is 1.38 bits per heavy atom. The molecule has 0 bridgehead atoms. The molecule has 16 heavy (non-hydrogen) atoms. The van der Waals surface area contributed by atoms with Gasteiger partial charge in [-0.15, -0.1) is 0 Å². The SMILES string of the molecule is Cc1ccc(C(C)NCC(N)C(N)=O)cc1. The number of primary amides is 1. The second-order valence-corrected chi connectivity index (χ2v) is 4.05. The summed E-state index contributed by atoms with van der Waals surface area (Å²) in [5, 5.41) is 3.17. The van der Waals surface area contributed by atoms with Crippen LogP contribution in [0.5, 0.6) is 0 Å². The van der Waals surface area contributed by atoms with Crippen molar-refractivity contribution in [2.75, 3.05) is 6.54 Å². The molecule has 0 aliphatic rings. The maximum Gasteiger partial charge on any atom is 0.235 e. The van der Waals surface area contributed by atoms with Crippen LogP contribution in [0.1, 0.15) is 24.1 Å². The molecule has 88 valence electrons. The molecule has 4 nitrogen and oxygen atoms in total. The summed E-state index contributed by atoms with van der Waals surface area (Å²) in [6.45, 7) is 4.47. The van der Waals surface area contributed by atoms with Crippen molar-refractivity contribution >= 4 is 5.91 Å². The largest absolute Gasteiger partial charge is 0.368 e. The van der Waals surface area contributed by atoms with Gasteiger partial charge in [-0.25, -0.2) is 0 Å². The molecule has 1 amide bonds. The number of rotatable bonds is 5. The van der Waals surface area contributed by atoms with Crippen molar-refractivity contribution in [3.63, 3.8) is 0 Å². The molecule has 1 aromatic carbocycles. The lowest BCUT2D eigenvalue weighted by molar-refractivity contribution is -0.119. The van der Waals surface area contributed by atoms with E-state index < -0.39 is 11.9 Å². The minimum atomic E-state index is -0.632. The molecule has 5 N–H and O–H groups in total. The van der Waals surface area contributed by atoms with Crippen molar-refractivity contribution in [2.45, 2.75) is 25.9 Å². The number of nitrogens with one attached hydrogen (secondary N) is 1. The Morgan fingerprint density at radius 2 is 1.94 bits per heavy atom. The molecule has 2 unspecified atom stereocenters. The first kappa shape index (κ1) is 12.7. The molecule has 2 atom stereocenters. The zero-order valence-electron chi connectivity index (χ0n) is 9.73. The summed E-state index contributed by atoms with van der Waals surface area (Å²) in [5.74, 6) is -0.483. The van der Waals surface area contributed by atoms with Gasteiger partial charge in [0.1, 0.15) is 0 Å². The molecule has 1 aromatic rings. The van der Waals surface area contributed by atoms with E-state index in [1.807, 2.05) is 13.8 Å². The van der Waals surface area contributed by atoms with E-state index in [1.165, 1.54) is 11.1 Å². The van der Waals surface area contributed by atoms with Gasteiger partial charge in [-0.2, -0.15) is 0 Å². The highest BCUT2D eigenvalue weighted by atomic mass is 16.1. The molecule has 0 spiro atoms. The van der Waals surface area contributed by atoms with Crippen LogP contribution in [0.4, 0.5) is 0 Å². The van der Waals surface area contributed by atoms with Gasteiger partial charge in [-0.1, -0.05) is 29.8 Å². The third kappa shape index (κ3) is 3.64. The van der Waals surface area contributed by atoms with Crippen molar-refractivity contribution in [1.82, 2.24) is 5.32 Å². The van der Waals surface area contributed by atoms with Crippen molar-refractivity contribution < 1.29 is 4.79 Å². The molecule has 4 heteroatoms. The molecule has 0 fully saturated rings. The Labute approximate surface area is 96.0 Å². The van der Waals surface area contributed by atoms with E-state index in [0.29, 0.717) is 6.54 Å². The number of nitrogens with two attached hydrogens (primary N) is 2. The van der Waals surface area contributed by atoms with Crippen molar-refractivity contribution in [3.8, 4) is 0 Å². The van der Waals surface area contributed by atoms with Crippen molar-refractivity contribution in [3.05, 3.63) is 35.4 Å². The molecular weight excluding hydrogens is 202 g/mol. The molecule has 1 rings (SSSR count). The number of amides is 1. The Hall–Kier alpha value is -1.39. The van der Waals surface area contributed by atoms with Crippen LogP contribution in [0.15, 0.2) is 24.3 Å². The maximum absolute atomic E-state index is 10.8. The van der Waals surface area contributed by atoms with Crippen LogP contribution >= 0.6 is 0 Å². The standard InChI is InChI=1S/C12H19N3O/c1-8-3-5-10(6-4-8)9(2)15-7-11(13)12(14)16/h3-6,9,11,15H,7,13H2,1-2H3,(H2,14,16). The minimum Gasteiger partial charge on any atom is -0.368 e. The lowest BCUT2D eigenvalue weighted by atomic mass is 10.1. The van der Waals surface area contributed by atoms with E-state index >= 15 is 0 Å². The van der Waals surface area contributed by atoms with Gasteiger partial charge >= 0.3 is 0 Å². The van der Waals surface area contributed by atoms with Gasteiger partial charge in [0.2, 0.25) is 5.91 Å². The van der Waals surface area contributed by atoms with E-state index in [1.54, 1.807) is 0 Å². The normalized spacial score (nSPS) is 14.4. The molecule has 0 radical (unpaired) electrons. The first-order valence-corrected chi connectivity index (χ1v) is 5.35. The second-order valence-electron chi connectivity index (χ2n) is 4.05. The summed E-state index contributed by atoms with van der Waals surface area (Å²) in [6, 6.07) is 7.76. The van der Waals surface area contributed by atoms with Crippen LogP contribution in [0, 0.1) is 6.92 Å². The molecule has 0 aliphatic heterocycles. The Balaban J connectivity index is 2.49. The number of carbonyl (C=O) groups excluding carboxylic acids is 1. The maximum atomic E-state index is 10.8. The van der Waals surface area contributed by atoms with E-state index in [4.69, 9.17) is 11.5 Å². The Morgan fingerprint density at radius 3 is 2.44 bits per heavy atom. The number of carbonyl (C=O) groups is 1. The summed E-state index contributed by atoms with van der Waals surface area (Å²) >= 11 is 0. The minimum absolute atomic E-state index is 0.158. The van der Waals surface area contributed by atoms with Crippen LogP contribution in [0.3, 0.4) is 0 Å². The van der Waals surface area contributed by atoms with Gasteiger partial charge in [-0.3, -0.25) is 4.79 Å². The molecule has 0 saturated carbocycles. The fourth-order valence-corrected chi connectivity index (χ4v) is 1.38. The van der Waals surface area contributed by atoms with Crippen LogP contribution in [-0.2, 0) is 4.79 Å². The predicted octanol–water partition coefficient (Wildman–Crippen LogP) is 0.458. The van der Waals surface area contributed by atoms with Gasteiger partial charge in [0, 0.05) is 12.6 Å². The topological polar surface area (TPSA) is 81.1 Å². The number of hydrogen-bond donors (Lipinski definition) is 3. The highest BCUT2D eigenvalue weighted by Crippen LogP contribution is 2.12. The smallest absolute Gasteiger partial charge is 0.235 e. The molecule has 0 aliphatic carbocycles. The van der Waals surface area contributed by atoms with Gasteiger partial charge < -0.3 is 16.8 Å². The first-order chi connectivity index (χ1) is 7.50. The number of hydrogen-bond acceptors (Lipinski definition) is 3. The predicted molar refractivity (Wildman–Crippen MR) is 64.8 cm³/mol. The van der Waals surface area contributed by atoms with Gasteiger partial charge in [0.25, 0.3) is 0 Å². The van der Waals surface area contributed by atoms with Gasteiger partial charge in [0.15, 0.2) is 0 Å². The third-order valence-electron chi connectivity index (χ3n) is 2.59. The zero-order valence-corrected chi connectivity index (χ0v) is 9.73. The lowest BCUT2D eigenvalue weighted by Gasteiger charge is -2.16. The first-order valence-electron chi connectivity index (χ1n) is 5.35. The lowest BCUT2D eigenvalue weighted by Crippen LogP contribution is -2.44. The molecule has 0 saturated heterocycles. The average Bonchev–Trinajstić information content (AvgIpc) is 2.26. The fraction of sp³-hybridized carbons (Fsp3) is 0.417. The average molecular weight is 221 g/mol. The Bertz CT molecular complexity index is 348. The highest BCUT2D eigenvalue weighted by molar-refractivity contribution is 5.79. The van der Waals surface area contributed by atoms with E-state index in [2.05, 4.69) is 29.6 Å². The van der Waals surface area contributed by atoms with Crippen LogP contribution in [0.25, 0.3) is 0 Å². The van der Waals surface area contributed by atoms with E-state index in [0.717, 1.165) is 0 Å². The monoisotopic (exact) mass is 221 g/mol. The van der Waals surface area contributed by atoms with Crippen LogP contribution in [-0.4, -0.2) is 18.5 Å². The molecular formula is C12H19N3O. The van der Waals surface area contributed by atoms with Crippen LogP contribution in [0.2, 0.25) is 0 Å². The van der Waals surface area contributed by atoms with Crippen molar-refractivity contribution in [1.29, 1.82) is 0 Å². The van der Waals surface area contributed by atoms with E-state index in [9.17, 15) is 4.79 Å². The van der Waals surface area contributed by atoms with E-state index in [-0.39, 0.29) is 6.04 Å².